The summed E-state index contributed by atoms with van der Waals surface area (Å²) in [7, 11) is 0. The number of morpholine rings is 1. The summed E-state index contributed by atoms with van der Waals surface area (Å²) in [5.74, 6) is 0.360. The number of carbonyl (C=O) groups is 1. The van der Waals surface area contributed by atoms with Crippen LogP contribution in [-0.2, 0) is 4.74 Å². The third kappa shape index (κ3) is 4.90. The fourth-order valence-electron chi connectivity index (χ4n) is 2.88. The zero-order valence-corrected chi connectivity index (χ0v) is 16.7. The van der Waals surface area contributed by atoms with Crippen LogP contribution in [0.15, 0.2) is 46.9 Å². The molecule has 0 aromatic heterocycles. The summed E-state index contributed by atoms with van der Waals surface area (Å²) in [6, 6.07) is 11.1. The summed E-state index contributed by atoms with van der Waals surface area (Å²) >= 11 is 3.30. The van der Waals surface area contributed by atoms with Crippen molar-refractivity contribution in [3.63, 3.8) is 0 Å². The van der Waals surface area contributed by atoms with Crippen LogP contribution in [0.3, 0.4) is 0 Å². The molecule has 0 amide bonds. The van der Waals surface area contributed by atoms with Gasteiger partial charge in [-0.1, -0.05) is 6.08 Å². The van der Waals surface area contributed by atoms with Gasteiger partial charge in [-0.15, -0.1) is 0 Å². The zero-order chi connectivity index (χ0) is 19.2. The van der Waals surface area contributed by atoms with Gasteiger partial charge in [-0.2, -0.15) is 0 Å². The predicted octanol–water partition coefficient (Wildman–Crippen LogP) is 4.29. The number of ketones is 1. The number of benzene rings is 2. The van der Waals surface area contributed by atoms with Crippen molar-refractivity contribution < 1.29 is 19.4 Å². The Balaban J connectivity index is 1.71. The first-order valence-corrected chi connectivity index (χ1v) is 9.68. The van der Waals surface area contributed by atoms with Gasteiger partial charge in [0.25, 0.3) is 0 Å². The quantitative estimate of drug-likeness (QED) is 0.546. The molecule has 1 heterocycles. The molecule has 0 atom stereocenters. The lowest BCUT2D eigenvalue weighted by Crippen LogP contribution is -2.36. The van der Waals surface area contributed by atoms with Gasteiger partial charge in [-0.05, 0) is 70.9 Å². The highest BCUT2D eigenvalue weighted by Crippen LogP contribution is 2.35. The Morgan fingerprint density at radius 2 is 1.96 bits per heavy atom. The van der Waals surface area contributed by atoms with E-state index in [1.807, 2.05) is 31.2 Å². The number of carbonyl (C=O) groups excluding carboxylic acids is 1. The minimum atomic E-state index is -0.0781. The smallest absolute Gasteiger partial charge is 0.185 e. The van der Waals surface area contributed by atoms with E-state index in [0.717, 1.165) is 37.6 Å². The molecule has 0 saturated carbocycles. The van der Waals surface area contributed by atoms with Gasteiger partial charge in [0.15, 0.2) is 17.3 Å². The van der Waals surface area contributed by atoms with Crippen LogP contribution in [0.5, 0.6) is 11.5 Å². The number of phenolic OH excluding ortho intramolecular Hbond substituents is 1. The van der Waals surface area contributed by atoms with Gasteiger partial charge < -0.3 is 19.5 Å². The third-order valence-electron chi connectivity index (χ3n) is 4.31. The topological polar surface area (TPSA) is 59.0 Å². The molecule has 1 aliphatic heterocycles. The molecule has 1 aliphatic rings. The molecule has 0 radical (unpaired) electrons. The van der Waals surface area contributed by atoms with E-state index in [-0.39, 0.29) is 11.5 Å². The molecule has 3 rings (SSSR count). The fourth-order valence-corrected chi connectivity index (χ4v) is 3.34. The predicted molar refractivity (Wildman–Crippen MR) is 110 cm³/mol. The molecule has 27 heavy (non-hydrogen) atoms. The minimum Gasteiger partial charge on any atom is -0.503 e. The molecule has 1 fully saturated rings. The van der Waals surface area contributed by atoms with Gasteiger partial charge >= 0.3 is 0 Å². The van der Waals surface area contributed by atoms with Crippen molar-refractivity contribution in [3.8, 4) is 11.5 Å². The zero-order valence-electron chi connectivity index (χ0n) is 15.2. The van der Waals surface area contributed by atoms with Crippen molar-refractivity contribution >= 4 is 33.5 Å². The van der Waals surface area contributed by atoms with E-state index in [1.165, 1.54) is 6.08 Å². The van der Waals surface area contributed by atoms with E-state index in [9.17, 15) is 9.90 Å². The number of aromatic hydroxyl groups is 1. The average molecular weight is 432 g/mol. The first-order chi connectivity index (χ1) is 13.1. The number of ether oxygens (including phenoxy) is 2. The van der Waals surface area contributed by atoms with Crippen molar-refractivity contribution in [2.45, 2.75) is 6.92 Å². The second-order valence-corrected chi connectivity index (χ2v) is 6.98. The van der Waals surface area contributed by atoms with Crippen LogP contribution in [0, 0.1) is 0 Å². The van der Waals surface area contributed by atoms with Crippen molar-refractivity contribution in [1.82, 2.24) is 0 Å². The van der Waals surface area contributed by atoms with E-state index in [0.29, 0.717) is 22.4 Å². The maximum absolute atomic E-state index is 12.5. The monoisotopic (exact) mass is 431 g/mol. The summed E-state index contributed by atoms with van der Waals surface area (Å²) in [5, 5.41) is 9.97. The lowest BCUT2D eigenvalue weighted by Gasteiger charge is -2.28. The fraction of sp³-hybridized carbons (Fsp3) is 0.286. The third-order valence-corrected chi connectivity index (χ3v) is 4.91. The van der Waals surface area contributed by atoms with Crippen LogP contribution in [0.4, 0.5) is 5.69 Å². The molecule has 0 unspecified atom stereocenters. The van der Waals surface area contributed by atoms with Crippen molar-refractivity contribution in [2.75, 3.05) is 37.8 Å². The maximum Gasteiger partial charge on any atom is 0.185 e. The molecule has 0 aliphatic carbocycles. The lowest BCUT2D eigenvalue weighted by atomic mass is 10.1. The Morgan fingerprint density at radius 3 is 2.63 bits per heavy atom. The van der Waals surface area contributed by atoms with E-state index in [4.69, 9.17) is 9.47 Å². The normalized spacial score (nSPS) is 14.5. The second-order valence-electron chi connectivity index (χ2n) is 6.13. The highest BCUT2D eigenvalue weighted by atomic mass is 79.9. The molecule has 142 valence electrons. The van der Waals surface area contributed by atoms with E-state index < -0.39 is 0 Å². The number of nitrogens with zero attached hydrogens (tertiary/aromatic N) is 1. The van der Waals surface area contributed by atoms with E-state index in [2.05, 4.69) is 20.8 Å². The molecule has 6 heteroatoms. The SMILES string of the molecule is CCOc1cc(/C=C/C(=O)c2ccc(N3CCOCC3)cc2)cc(Br)c1O. The highest BCUT2D eigenvalue weighted by Gasteiger charge is 2.12. The summed E-state index contributed by atoms with van der Waals surface area (Å²) in [4.78, 5) is 14.7. The number of hydrogen-bond donors (Lipinski definition) is 1. The molecule has 0 spiro atoms. The largest absolute Gasteiger partial charge is 0.503 e. The highest BCUT2D eigenvalue weighted by molar-refractivity contribution is 9.10. The van der Waals surface area contributed by atoms with Crippen LogP contribution >= 0.6 is 15.9 Å². The Labute approximate surface area is 167 Å². The standard InChI is InChI=1S/C21H22BrNO4/c1-2-27-20-14-15(13-18(22)21(20)25)3-8-19(24)16-4-6-17(7-5-16)23-9-11-26-12-10-23/h3-8,13-14,25H,2,9-12H2,1H3/b8-3+. The molecule has 0 bridgehead atoms. The van der Waals surface area contributed by atoms with Crippen molar-refractivity contribution in [3.05, 3.63) is 58.1 Å². The average Bonchev–Trinajstić information content (AvgIpc) is 2.70. The van der Waals surface area contributed by atoms with Crippen LogP contribution < -0.4 is 9.64 Å². The van der Waals surface area contributed by atoms with Gasteiger partial charge in [0, 0.05) is 24.3 Å². The summed E-state index contributed by atoms with van der Waals surface area (Å²) in [6.07, 6.45) is 3.24. The van der Waals surface area contributed by atoms with Gasteiger partial charge in [-0.25, -0.2) is 0 Å². The van der Waals surface area contributed by atoms with Crippen LogP contribution in [-0.4, -0.2) is 43.8 Å². The first-order valence-electron chi connectivity index (χ1n) is 8.89. The number of hydrogen-bond acceptors (Lipinski definition) is 5. The molecule has 2 aromatic carbocycles. The van der Waals surface area contributed by atoms with Gasteiger partial charge in [0.1, 0.15) is 0 Å². The summed E-state index contributed by atoms with van der Waals surface area (Å²) in [6.45, 7) is 5.49. The summed E-state index contributed by atoms with van der Waals surface area (Å²) in [5.41, 5.74) is 2.50. The Bertz CT molecular complexity index is 827. The molecule has 2 aromatic rings. The van der Waals surface area contributed by atoms with E-state index in [1.54, 1.807) is 18.2 Å². The Kier molecular flexibility index (Phi) is 6.53. The number of halogens is 1. The molecular weight excluding hydrogens is 410 g/mol. The number of anilines is 1. The molecule has 5 nitrogen and oxygen atoms in total. The Hall–Kier alpha value is -2.31. The molecular formula is C21H22BrNO4. The number of rotatable bonds is 6. The van der Waals surface area contributed by atoms with Gasteiger partial charge in [-0.3, -0.25) is 4.79 Å². The van der Waals surface area contributed by atoms with Crippen LogP contribution in [0.1, 0.15) is 22.8 Å². The minimum absolute atomic E-state index is 0.0547. The van der Waals surface area contributed by atoms with Crippen LogP contribution in [0.2, 0.25) is 0 Å². The van der Waals surface area contributed by atoms with Crippen molar-refractivity contribution in [1.29, 1.82) is 0 Å². The van der Waals surface area contributed by atoms with Crippen LogP contribution in [0.25, 0.3) is 6.08 Å². The molecule has 1 N–H and O–H groups in total. The molecule has 1 saturated heterocycles. The maximum atomic E-state index is 12.5. The second kappa shape index (κ2) is 9.06. The number of allylic oxidation sites excluding steroid dienone is 1. The van der Waals surface area contributed by atoms with E-state index >= 15 is 0 Å². The Morgan fingerprint density at radius 1 is 1.26 bits per heavy atom. The van der Waals surface area contributed by atoms with Gasteiger partial charge in [0.05, 0.1) is 24.3 Å². The first kappa shape index (κ1) is 19.5. The van der Waals surface area contributed by atoms with Gasteiger partial charge in [0.2, 0.25) is 0 Å². The summed E-state index contributed by atoms with van der Waals surface area (Å²) < 4.78 is 11.3. The lowest BCUT2D eigenvalue weighted by molar-refractivity contribution is 0.104. The van der Waals surface area contributed by atoms with Crippen molar-refractivity contribution in [2.24, 2.45) is 0 Å². The number of phenols is 1.